The van der Waals surface area contributed by atoms with Crippen LogP contribution in [0.2, 0.25) is 0 Å². The summed E-state index contributed by atoms with van der Waals surface area (Å²) in [6.45, 7) is 0.834. The van der Waals surface area contributed by atoms with Crippen molar-refractivity contribution < 1.29 is 9.60 Å². The van der Waals surface area contributed by atoms with Crippen LogP contribution in [0.1, 0.15) is 12.8 Å². The average molecular weight is 175 g/mol. The van der Waals surface area contributed by atoms with Crippen LogP contribution in [0.3, 0.4) is 0 Å². The van der Waals surface area contributed by atoms with Crippen molar-refractivity contribution in [2.45, 2.75) is 18.9 Å². The van der Waals surface area contributed by atoms with E-state index in [1.165, 1.54) is 0 Å². The largest absolute Gasteiger partial charge is 0.409 e. The van der Waals surface area contributed by atoms with Crippen molar-refractivity contribution in [3.63, 3.8) is 0 Å². The number of alkyl halides is 1. The van der Waals surface area contributed by atoms with Crippen molar-refractivity contribution in [1.82, 2.24) is 4.90 Å². The maximum absolute atomic E-state index is 12.0. The van der Waals surface area contributed by atoms with E-state index in [0.717, 1.165) is 19.4 Å². The van der Waals surface area contributed by atoms with Gasteiger partial charge in [-0.25, -0.2) is 4.39 Å². The van der Waals surface area contributed by atoms with E-state index in [0.29, 0.717) is 6.54 Å². The van der Waals surface area contributed by atoms with Gasteiger partial charge in [0.2, 0.25) is 0 Å². The predicted molar refractivity (Wildman–Crippen MR) is 44.0 cm³/mol. The second-order valence-corrected chi connectivity index (χ2v) is 2.91. The summed E-state index contributed by atoms with van der Waals surface area (Å²) in [6, 6.07) is -0.0641. The van der Waals surface area contributed by atoms with E-state index in [2.05, 4.69) is 5.16 Å². The molecule has 0 spiro atoms. The zero-order valence-corrected chi connectivity index (χ0v) is 6.91. The highest BCUT2D eigenvalue weighted by atomic mass is 19.1. The van der Waals surface area contributed by atoms with Gasteiger partial charge in [-0.1, -0.05) is 5.16 Å². The first-order valence-electron chi connectivity index (χ1n) is 4.07. The molecule has 70 valence electrons. The smallest absolute Gasteiger partial charge is 0.156 e. The van der Waals surface area contributed by atoms with Crippen molar-refractivity contribution in [3.8, 4) is 0 Å². The first-order valence-corrected chi connectivity index (χ1v) is 4.07. The molecule has 0 saturated carbocycles. The number of nitrogens with two attached hydrogens (primary N) is 1. The summed E-state index contributed by atoms with van der Waals surface area (Å²) in [5, 5.41) is 11.4. The molecule has 1 aliphatic rings. The Bertz CT molecular complexity index is 174. The van der Waals surface area contributed by atoms with Gasteiger partial charge in [0.15, 0.2) is 5.84 Å². The minimum Gasteiger partial charge on any atom is -0.409 e. The lowest BCUT2D eigenvalue weighted by molar-refractivity contribution is 0.259. The molecule has 1 unspecified atom stereocenters. The maximum atomic E-state index is 12.0. The predicted octanol–water partition coefficient (Wildman–Crippen LogP) is 0.167. The fraction of sp³-hybridized carbons (Fsp3) is 0.857. The van der Waals surface area contributed by atoms with E-state index in [9.17, 15) is 4.39 Å². The first-order chi connectivity index (χ1) is 5.79. The zero-order chi connectivity index (χ0) is 8.97. The van der Waals surface area contributed by atoms with E-state index in [-0.39, 0.29) is 18.6 Å². The van der Waals surface area contributed by atoms with E-state index in [4.69, 9.17) is 10.9 Å². The highest BCUT2D eigenvalue weighted by Gasteiger charge is 2.27. The van der Waals surface area contributed by atoms with Crippen LogP contribution in [0.5, 0.6) is 0 Å². The Balaban J connectivity index is 2.51. The van der Waals surface area contributed by atoms with Crippen molar-refractivity contribution in [1.29, 1.82) is 0 Å². The molecule has 1 heterocycles. The maximum Gasteiger partial charge on any atom is 0.156 e. The van der Waals surface area contributed by atoms with Gasteiger partial charge >= 0.3 is 0 Å². The standard InChI is InChI=1S/C7H14FN3O/c8-3-5-11-4-1-2-6(11)7(9)10-12/h6,12H,1-5H2,(H2,9,10). The molecule has 1 saturated heterocycles. The lowest BCUT2D eigenvalue weighted by Crippen LogP contribution is -2.41. The summed E-state index contributed by atoms with van der Waals surface area (Å²) in [5.41, 5.74) is 5.43. The Morgan fingerprint density at radius 1 is 1.75 bits per heavy atom. The van der Waals surface area contributed by atoms with Gasteiger partial charge in [0, 0.05) is 6.54 Å². The van der Waals surface area contributed by atoms with Crippen LogP contribution in [-0.2, 0) is 0 Å². The van der Waals surface area contributed by atoms with E-state index in [1.54, 1.807) is 0 Å². The van der Waals surface area contributed by atoms with Gasteiger partial charge in [-0.2, -0.15) is 0 Å². The van der Waals surface area contributed by atoms with Crippen LogP contribution >= 0.6 is 0 Å². The van der Waals surface area contributed by atoms with Crippen LogP contribution in [0, 0.1) is 0 Å². The van der Waals surface area contributed by atoms with Gasteiger partial charge in [0.25, 0.3) is 0 Å². The lowest BCUT2D eigenvalue weighted by atomic mass is 10.2. The highest BCUT2D eigenvalue weighted by Crippen LogP contribution is 2.16. The van der Waals surface area contributed by atoms with Crippen LogP contribution in [0.4, 0.5) is 4.39 Å². The second kappa shape index (κ2) is 4.25. The number of nitrogens with zero attached hydrogens (tertiary/aromatic N) is 2. The quantitative estimate of drug-likeness (QED) is 0.278. The van der Waals surface area contributed by atoms with Crippen LogP contribution in [0.15, 0.2) is 5.16 Å². The number of halogens is 1. The Kier molecular flexibility index (Phi) is 3.28. The molecule has 0 aliphatic carbocycles. The summed E-state index contributed by atoms with van der Waals surface area (Å²) in [6.07, 6.45) is 1.84. The normalized spacial score (nSPS) is 26.4. The summed E-state index contributed by atoms with van der Waals surface area (Å²) >= 11 is 0. The first kappa shape index (κ1) is 9.25. The molecule has 0 bridgehead atoms. The van der Waals surface area contributed by atoms with E-state index >= 15 is 0 Å². The lowest BCUT2D eigenvalue weighted by Gasteiger charge is -2.21. The number of hydrogen-bond donors (Lipinski definition) is 2. The van der Waals surface area contributed by atoms with Gasteiger partial charge in [-0.3, -0.25) is 4.90 Å². The molecule has 1 fully saturated rings. The summed E-state index contributed by atoms with van der Waals surface area (Å²) in [7, 11) is 0. The fourth-order valence-corrected chi connectivity index (χ4v) is 1.60. The SMILES string of the molecule is NC(=NO)C1CCCN1CCF. The molecule has 1 rings (SSSR count). The molecule has 0 amide bonds. The summed E-state index contributed by atoms with van der Waals surface area (Å²) in [5.74, 6) is 0.195. The third kappa shape index (κ3) is 1.85. The molecule has 5 heteroatoms. The van der Waals surface area contributed by atoms with E-state index in [1.807, 2.05) is 4.90 Å². The minimum atomic E-state index is -0.380. The van der Waals surface area contributed by atoms with Gasteiger partial charge in [-0.15, -0.1) is 0 Å². The molecule has 0 aromatic rings. The second-order valence-electron chi connectivity index (χ2n) is 2.91. The molecular weight excluding hydrogens is 161 g/mol. The van der Waals surface area contributed by atoms with Crippen molar-refractivity contribution in [2.24, 2.45) is 10.9 Å². The number of oxime groups is 1. The van der Waals surface area contributed by atoms with Gasteiger partial charge in [0.05, 0.1) is 6.04 Å². The van der Waals surface area contributed by atoms with Gasteiger partial charge in [-0.05, 0) is 19.4 Å². The Hall–Kier alpha value is -0.840. The minimum absolute atomic E-state index is 0.0641. The molecule has 12 heavy (non-hydrogen) atoms. The number of rotatable bonds is 3. The Morgan fingerprint density at radius 2 is 2.50 bits per heavy atom. The van der Waals surface area contributed by atoms with E-state index < -0.39 is 0 Å². The van der Waals surface area contributed by atoms with Crippen molar-refractivity contribution >= 4 is 5.84 Å². The van der Waals surface area contributed by atoms with Crippen LogP contribution < -0.4 is 5.73 Å². The molecule has 4 nitrogen and oxygen atoms in total. The molecule has 3 N–H and O–H groups in total. The van der Waals surface area contributed by atoms with Crippen LogP contribution in [0.25, 0.3) is 0 Å². The van der Waals surface area contributed by atoms with Gasteiger partial charge in [0.1, 0.15) is 6.67 Å². The third-order valence-electron chi connectivity index (χ3n) is 2.19. The Labute approximate surface area is 70.8 Å². The molecule has 0 aromatic heterocycles. The average Bonchev–Trinajstić information content (AvgIpc) is 2.52. The molecule has 1 aliphatic heterocycles. The summed E-state index contributed by atoms with van der Waals surface area (Å²) < 4.78 is 12.0. The monoisotopic (exact) mass is 175 g/mol. The third-order valence-corrected chi connectivity index (χ3v) is 2.19. The van der Waals surface area contributed by atoms with Crippen molar-refractivity contribution in [2.75, 3.05) is 19.8 Å². The number of hydrogen-bond acceptors (Lipinski definition) is 3. The number of amidine groups is 1. The summed E-state index contributed by atoms with van der Waals surface area (Å²) in [4.78, 5) is 1.90. The van der Waals surface area contributed by atoms with Gasteiger partial charge < -0.3 is 10.9 Å². The van der Waals surface area contributed by atoms with Crippen LogP contribution in [-0.4, -0.2) is 41.7 Å². The molecule has 0 aromatic carbocycles. The highest BCUT2D eigenvalue weighted by molar-refractivity contribution is 5.85. The molecular formula is C7H14FN3O. The topological polar surface area (TPSA) is 61.9 Å². The number of likely N-dealkylation sites (tertiary alicyclic amines) is 1. The fourth-order valence-electron chi connectivity index (χ4n) is 1.60. The molecule has 1 atom stereocenters. The molecule has 0 radical (unpaired) electrons. The zero-order valence-electron chi connectivity index (χ0n) is 6.91. The van der Waals surface area contributed by atoms with Crippen molar-refractivity contribution in [3.05, 3.63) is 0 Å². The Morgan fingerprint density at radius 3 is 3.08 bits per heavy atom.